The Morgan fingerprint density at radius 3 is 2.59 bits per heavy atom. The van der Waals surface area contributed by atoms with Crippen LogP contribution in [0.2, 0.25) is 0 Å². The molecule has 0 unspecified atom stereocenters. The van der Waals surface area contributed by atoms with Crippen LogP contribution in [0, 0.1) is 5.41 Å². The smallest absolute Gasteiger partial charge is 0.346 e. The predicted molar refractivity (Wildman–Crippen MR) is 95.1 cm³/mol. The number of benzene rings is 2. The van der Waals surface area contributed by atoms with Crippen molar-refractivity contribution < 1.29 is 18.0 Å². The summed E-state index contributed by atoms with van der Waals surface area (Å²) >= 11 is 0. The van der Waals surface area contributed by atoms with Gasteiger partial charge in [0.05, 0.1) is 17.5 Å². The molecular formula is C20H18F3N3O. The van der Waals surface area contributed by atoms with E-state index in [1.54, 1.807) is 13.1 Å². The molecule has 0 bridgehead atoms. The van der Waals surface area contributed by atoms with Crippen LogP contribution < -0.4 is 5.32 Å². The van der Waals surface area contributed by atoms with Gasteiger partial charge in [0.15, 0.2) is 5.96 Å². The number of alkyl halides is 3. The summed E-state index contributed by atoms with van der Waals surface area (Å²) in [5.41, 5.74) is 1.75. The number of hydrogen-bond acceptors (Lipinski definition) is 2. The van der Waals surface area contributed by atoms with Gasteiger partial charge in [0.2, 0.25) is 5.91 Å². The van der Waals surface area contributed by atoms with Gasteiger partial charge in [-0.15, -0.1) is 0 Å². The Bertz CT molecular complexity index is 934. The summed E-state index contributed by atoms with van der Waals surface area (Å²) < 4.78 is 39.1. The lowest BCUT2D eigenvalue weighted by Crippen LogP contribution is -2.58. The first-order chi connectivity index (χ1) is 12.7. The first kappa shape index (κ1) is 17.6. The molecule has 2 N–H and O–H groups in total. The lowest BCUT2D eigenvalue weighted by atomic mass is 9.85. The Balaban J connectivity index is 1.77. The third-order valence-corrected chi connectivity index (χ3v) is 5.49. The Hall–Kier alpha value is -2.83. The summed E-state index contributed by atoms with van der Waals surface area (Å²) in [4.78, 5) is 13.6. The highest BCUT2D eigenvalue weighted by Gasteiger charge is 2.45. The number of rotatable bonds is 1. The predicted octanol–water partition coefficient (Wildman–Crippen LogP) is 3.90. The molecule has 0 radical (unpaired) electrons. The van der Waals surface area contributed by atoms with Gasteiger partial charge in [0.25, 0.3) is 0 Å². The average Bonchev–Trinajstić information content (AvgIpc) is 2.96. The highest BCUT2D eigenvalue weighted by Crippen LogP contribution is 2.43. The summed E-state index contributed by atoms with van der Waals surface area (Å²) in [6.07, 6.45) is -2.73. The quantitative estimate of drug-likeness (QED) is 0.797. The second-order valence-electron chi connectivity index (χ2n) is 7.14. The maximum Gasteiger partial charge on any atom is 0.416 e. The fourth-order valence-corrected chi connectivity index (χ4v) is 3.95. The monoisotopic (exact) mass is 373 g/mol. The van der Waals surface area contributed by atoms with E-state index in [0.717, 1.165) is 29.7 Å². The summed E-state index contributed by atoms with van der Waals surface area (Å²) in [6.45, 7) is 0. The zero-order valence-electron chi connectivity index (χ0n) is 14.7. The lowest BCUT2D eigenvalue weighted by Gasteiger charge is -2.40. The van der Waals surface area contributed by atoms with Crippen LogP contribution in [0.1, 0.15) is 29.5 Å². The highest BCUT2D eigenvalue weighted by atomic mass is 19.4. The number of carbonyl (C=O) groups is 1. The molecule has 1 atom stereocenters. The largest absolute Gasteiger partial charge is 0.416 e. The molecule has 2 aliphatic rings. The molecule has 1 aliphatic heterocycles. The zero-order chi connectivity index (χ0) is 19.4. The Labute approximate surface area is 154 Å². The molecule has 2 aromatic rings. The van der Waals surface area contributed by atoms with E-state index >= 15 is 0 Å². The minimum Gasteiger partial charge on any atom is -0.346 e. The number of fused-ring (bicyclic) bond motifs is 2. The van der Waals surface area contributed by atoms with Crippen LogP contribution in [0.3, 0.4) is 0 Å². The van der Waals surface area contributed by atoms with E-state index < -0.39 is 17.3 Å². The molecule has 4 rings (SSSR count). The molecule has 1 aliphatic carbocycles. The van der Waals surface area contributed by atoms with Crippen LogP contribution in [0.5, 0.6) is 0 Å². The first-order valence-electron chi connectivity index (χ1n) is 8.64. The third-order valence-electron chi connectivity index (χ3n) is 5.49. The number of nitrogens with one attached hydrogen (secondary N) is 2. The Kier molecular flexibility index (Phi) is 3.80. The van der Waals surface area contributed by atoms with Crippen LogP contribution in [-0.2, 0) is 22.9 Å². The molecule has 1 fully saturated rings. The minimum atomic E-state index is -4.40. The molecule has 0 aromatic heterocycles. The van der Waals surface area contributed by atoms with Crippen LogP contribution in [0.25, 0.3) is 11.1 Å². The molecule has 1 saturated heterocycles. The normalized spacial score (nSPS) is 22.1. The van der Waals surface area contributed by atoms with Crippen LogP contribution in [0.4, 0.5) is 13.2 Å². The van der Waals surface area contributed by atoms with Crippen molar-refractivity contribution in [3.63, 3.8) is 0 Å². The first-order valence-corrected chi connectivity index (χ1v) is 8.64. The standard InChI is InChI=1S/C20H18F3N3O/c1-26-17(27)11-19(25-18(26)24)8-7-12-5-6-14(10-16(12)19)13-3-2-4-15(9-13)20(21,22)23/h2-6,9-10H,7-8,11H2,1H3,(H2,24,25)/t19-/m0/s1. The number of halogens is 3. The van der Waals surface area contributed by atoms with Crippen molar-refractivity contribution in [3.05, 3.63) is 59.2 Å². The summed E-state index contributed by atoms with van der Waals surface area (Å²) in [6, 6.07) is 10.8. The molecule has 0 saturated carbocycles. The zero-order valence-corrected chi connectivity index (χ0v) is 14.7. The van der Waals surface area contributed by atoms with Gasteiger partial charge in [0, 0.05) is 7.05 Å². The van der Waals surface area contributed by atoms with Gasteiger partial charge in [0.1, 0.15) is 0 Å². The van der Waals surface area contributed by atoms with Crippen molar-refractivity contribution in [1.29, 1.82) is 5.41 Å². The van der Waals surface area contributed by atoms with E-state index in [9.17, 15) is 18.0 Å². The van der Waals surface area contributed by atoms with Gasteiger partial charge in [-0.05, 0) is 53.3 Å². The van der Waals surface area contributed by atoms with Crippen molar-refractivity contribution in [3.8, 4) is 11.1 Å². The summed E-state index contributed by atoms with van der Waals surface area (Å²) in [5.74, 6) is -0.0976. The van der Waals surface area contributed by atoms with E-state index in [2.05, 4.69) is 5.32 Å². The number of carbonyl (C=O) groups excluding carboxylic acids is 1. The van der Waals surface area contributed by atoms with E-state index in [0.29, 0.717) is 17.5 Å². The molecule has 7 heteroatoms. The van der Waals surface area contributed by atoms with Crippen molar-refractivity contribution >= 4 is 11.9 Å². The molecule has 140 valence electrons. The minimum absolute atomic E-state index is 0.0450. The molecule has 2 aromatic carbocycles. The Morgan fingerprint density at radius 2 is 1.89 bits per heavy atom. The van der Waals surface area contributed by atoms with Crippen molar-refractivity contribution in [2.75, 3.05) is 7.05 Å². The maximum absolute atomic E-state index is 13.0. The highest BCUT2D eigenvalue weighted by molar-refractivity contribution is 5.99. The average molecular weight is 373 g/mol. The van der Waals surface area contributed by atoms with E-state index in [1.807, 2.05) is 18.2 Å². The molecule has 1 heterocycles. The van der Waals surface area contributed by atoms with Gasteiger partial charge < -0.3 is 5.32 Å². The van der Waals surface area contributed by atoms with Gasteiger partial charge in [-0.25, -0.2) is 0 Å². The Morgan fingerprint density at radius 1 is 1.15 bits per heavy atom. The van der Waals surface area contributed by atoms with Gasteiger partial charge >= 0.3 is 6.18 Å². The number of aryl methyl sites for hydroxylation is 1. The third kappa shape index (κ3) is 2.87. The van der Waals surface area contributed by atoms with E-state index in [-0.39, 0.29) is 18.3 Å². The summed E-state index contributed by atoms with van der Waals surface area (Å²) in [7, 11) is 1.56. The SMILES string of the molecule is CN1C(=N)N[C@@]2(CCc3ccc(-c4cccc(C(F)(F)F)c4)cc32)CC1=O. The topological polar surface area (TPSA) is 56.2 Å². The van der Waals surface area contributed by atoms with Crippen LogP contribution in [-0.4, -0.2) is 23.8 Å². The summed E-state index contributed by atoms with van der Waals surface area (Å²) in [5, 5.41) is 11.2. The fourth-order valence-electron chi connectivity index (χ4n) is 3.95. The van der Waals surface area contributed by atoms with E-state index in [1.165, 1.54) is 11.0 Å². The maximum atomic E-state index is 13.0. The molecule has 27 heavy (non-hydrogen) atoms. The molecule has 1 spiro atoms. The molecular weight excluding hydrogens is 355 g/mol. The number of nitrogens with zero attached hydrogens (tertiary/aromatic N) is 1. The van der Waals surface area contributed by atoms with Gasteiger partial charge in [-0.2, -0.15) is 13.2 Å². The second-order valence-corrected chi connectivity index (χ2v) is 7.14. The van der Waals surface area contributed by atoms with Crippen LogP contribution >= 0.6 is 0 Å². The lowest BCUT2D eigenvalue weighted by molar-refractivity contribution is -0.137. The number of hydrogen-bond donors (Lipinski definition) is 2. The van der Waals surface area contributed by atoms with Crippen molar-refractivity contribution in [1.82, 2.24) is 10.2 Å². The van der Waals surface area contributed by atoms with Crippen LogP contribution in [0.15, 0.2) is 42.5 Å². The van der Waals surface area contributed by atoms with Crippen molar-refractivity contribution in [2.24, 2.45) is 0 Å². The molecule has 1 amide bonds. The van der Waals surface area contributed by atoms with Gasteiger partial charge in [-0.3, -0.25) is 15.1 Å². The number of amides is 1. The second kappa shape index (κ2) is 5.84. The molecule has 4 nitrogen and oxygen atoms in total. The fraction of sp³-hybridized carbons (Fsp3) is 0.300. The van der Waals surface area contributed by atoms with Crippen molar-refractivity contribution in [2.45, 2.75) is 31.0 Å². The number of guanidine groups is 1. The van der Waals surface area contributed by atoms with Gasteiger partial charge in [-0.1, -0.05) is 24.3 Å². The van der Waals surface area contributed by atoms with E-state index in [4.69, 9.17) is 5.41 Å².